The Hall–Kier alpha value is -2.61. The highest BCUT2D eigenvalue weighted by atomic mass is 16.5. The lowest BCUT2D eigenvalue weighted by molar-refractivity contribution is 0.460. The fourth-order valence-corrected chi connectivity index (χ4v) is 1.66. The fraction of sp³-hybridized carbons (Fsp3) is 0.214. The Labute approximate surface area is 111 Å². The summed E-state index contributed by atoms with van der Waals surface area (Å²) >= 11 is 0. The zero-order valence-corrected chi connectivity index (χ0v) is 10.8. The van der Waals surface area contributed by atoms with E-state index < -0.39 is 0 Å². The first-order chi connectivity index (χ1) is 9.12. The van der Waals surface area contributed by atoms with Crippen molar-refractivity contribution in [3.8, 4) is 17.7 Å². The summed E-state index contributed by atoms with van der Waals surface area (Å²) < 4.78 is 5.65. The number of hydrogen-bond acceptors (Lipinski definition) is 5. The molecule has 0 aliphatic carbocycles. The van der Waals surface area contributed by atoms with Crippen molar-refractivity contribution in [1.82, 2.24) is 9.97 Å². The van der Waals surface area contributed by atoms with Crippen LogP contribution in [0.3, 0.4) is 0 Å². The van der Waals surface area contributed by atoms with Crippen LogP contribution in [0.15, 0.2) is 24.3 Å². The van der Waals surface area contributed by atoms with Gasteiger partial charge in [-0.15, -0.1) is 0 Å². The van der Waals surface area contributed by atoms with Gasteiger partial charge in [0.2, 0.25) is 5.88 Å². The van der Waals surface area contributed by atoms with Gasteiger partial charge in [0.15, 0.2) is 5.75 Å². The zero-order chi connectivity index (χ0) is 13.8. The minimum absolute atomic E-state index is 0.411. The van der Waals surface area contributed by atoms with E-state index in [1.54, 1.807) is 24.3 Å². The maximum absolute atomic E-state index is 8.78. The average molecular weight is 254 g/mol. The predicted octanol–water partition coefficient (Wildman–Crippen LogP) is 2.59. The van der Waals surface area contributed by atoms with E-state index in [2.05, 4.69) is 9.97 Å². The number of anilines is 1. The Morgan fingerprint density at radius 1 is 1.32 bits per heavy atom. The normalized spacial score (nSPS) is 9.95. The van der Waals surface area contributed by atoms with E-state index in [1.807, 2.05) is 19.9 Å². The van der Waals surface area contributed by atoms with E-state index in [0.29, 0.717) is 28.7 Å². The molecule has 2 N–H and O–H groups in total. The molecule has 2 rings (SSSR count). The fourth-order valence-electron chi connectivity index (χ4n) is 1.66. The second-order valence-electron chi connectivity index (χ2n) is 4.06. The largest absolute Gasteiger partial charge is 0.437 e. The van der Waals surface area contributed by atoms with Crippen molar-refractivity contribution in [2.75, 3.05) is 5.73 Å². The van der Waals surface area contributed by atoms with Crippen molar-refractivity contribution < 1.29 is 4.74 Å². The number of aryl methyl sites for hydroxylation is 2. The third kappa shape index (κ3) is 2.99. The van der Waals surface area contributed by atoms with Crippen molar-refractivity contribution in [2.24, 2.45) is 0 Å². The van der Waals surface area contributed by atoms with Gasteiger partial charge in [-0.2, -0.15) is 10.2 Å². The highest BCUT2D eigenvalue weighted by Crippen LogP contribution is 2.27. The highest BCUT2D eigenvalue weighted by molar-refractivity contribution is 5.57. The van der Waals surface area contributed by atoms with Gasteiger partial charge in [0, 0.05) is 11.8 Å². The lowest BCUT2D eigenvalue weighted by atomic mass is 10.2. The monoisotopic (exact) mass is 254 g/mol. The summed E-state index contributed by atoms with van der Waals surface area (Å²) in [6, 6.07) is 8.70. The number of rotatable bonds is 3. The van der Waals surface area contributed by atoms with Crippen molar-refractivity contribution in [2.45, 2.75) is 20.3 Å². The molecule has 0 amide bonds. The van der Waals surface area contributed by atoms with Gasteiger partial charge in [-0.25, -0.2) is 4.98 Å². The zero-order valence-electron chi connectivity index (χ0n) is 10.8. The lowest BCUT2D eigenvalue weighted by Crippen LogP contribution is -1.99. The number of benzene rings is 1. The molecule has 0 unspecified atom stereocenters. The van der Waals surface area contributed by atoms with Crippen LogP contribution in [0.5, 0.6) is 11.6 Å². The van der Waals surface area contributed by atoms with E-state index in [0.717, 1.165) is 12.1 Å². The number of hydrogen-bond donors (Lipinski definition) is 1. The van der Waals surface area contributed by atoms with Gasteiger partial charge >= 0.3 is 0 Å². The number of nitrogens with two attached hydrogens (primary N) is 1. The first kappa shape index (κ1) is 12.8. The van der Waals surface area contributed by atoms with Crippen LogP contribution in [-0.2, 0) is 6.42 Å². The Balaban J connectivity index is 2.31. The molecule has 0 bridgehead atoms. The van der Waals surface area contributed by atoms with Gasteiger partial charge in [-0.1, -0.05) is 6.92 Å². The van der Waals surface area contributed by atoms with Crippen LogP contribution in [0, 0.1) is 18.3 Å². The summed E-state index contributed by atoms with van der Waals surface area (Å²) in [4.78, 5) is 8.49. The molecule has 0 aliphatic rings. The molecular formula is C14H14N4O. The molecule has 0 aliphatic heterocycles. The average Bonchev–Trinajstić information content (AvgIpc) is 2.40. The van der Waals surface area contributed by atoms with Gasteiger partial charge in [0.05, 0.1) is 17.3 Å². The molecule has 5 heteroatoms. The standard InChI is InChI=1S/C14H14N4O/c1-3-11-7-14(18-9(2)17-11)19-13-5-4-10(8-15)6-12(13)16/h4-7H,3,16H2,1-2H3. The molecule has 1 heterocycles. The minimum atomic E-state index is 0.411. The quantitative estimate of drug-likeness (QED) is 0.851. The van der Waals surface area contributed by atoms with Gasteiger partial charge in [-0.05, 0) is 31.5 Å². The number of nitriles is 1. The predicted molar refractivity (Wildman–Crippen MR) is 71.8 cm³/mol. The molecule has 0 atom stereocenters. The van der Waals surface area contributed by atoms with Crippen LogP contribution in [-0.4, -0.2) is 9.97 Å². The third-order valence-corrected chi connectivity index (χ3v) is 2.58. The number of nitrogens with zero attached hydrogens (tertiary/aromatic N) is 3. The first-order valence-corrected chi connectivity index (χ1v) is 5.94. The summed E-state index contributed by atoms with van der Waals surface area (Å²) in [7, 11) is 0. The number of aromatic nitrogens is 2. The van der Waals surface area contributed by atoms with Gasteiger partial charge in [-0.3, -0.25) is 0 Å². The van der Waals surface area contributed by atoms with Crippen molar-refractivity contribution in [1.29, 1.82) is 5.26 Å². The summed E-state index contributed by atoms with van der Waals surface area (Å²) in [5.41, 5.74) is 7.65. The molecule has 1 aromatic heterocycles. The van der Waals surface area contributed by atoms with Crippen LogP contribution in [0.1, 0.15) is 24.0 Å². The van der Waals surface area contributed by atoms with E-state index in [9.17, 15) is 0 Å². The molecule has 0 saturated heterocycles. The van der Waals surface area contributed by atoms with Gasteiger partial charge in [0.25, 0.3) is 0 Å². The lowest BCUT2D eigenvalue weighted by Gasteiger charge is -2.09. The molecule has 1 aromatic carbocycles. The van der Waals surface area contributed by atoms with Crippen molar-refractivity contribution >= 4 is 5.69 Å². The molecule has 19 heavy (non-hydrogen) atoms. The number of ether oxygens (including phenoxy) is 1. The SMILES string of the molecule is CCc1cc(Oc2ccc(C#N)cc2N)nc(C)n1. The number of nitrogen functional groups attached to an aromatic ring is 1. The van der Waals surface area contributed by atoms with Crippen LogP contribution in [0.25, 0.3) is 0 Å². The van der Waals surface area contributed by atoms with E-state index in [1.165, 1.54) is 0 Å². The molecule has 96 valence electrons. The molecule has 0 spiro atoms. The van der Waals surface area contributed by atoms with Crippen molar-refractivity contribution in [3.63, 3.8) is 0 Å². The van der Waals surface area contributed by atoms with Gasteiger partial charge < -0.3 is 10.5 Å². The molecule has 5 nitrogen and oxygen atoms in total. The summed E-state index contributed by atoms with van der Waals surface area (Å²) in [5.74, 6) is 1.60. The maximum atomic E-state index is 8.78. The van der Waals surface area contributed by atoms with Crippen LogP contribution >= 0.6 is 0 Å². The van der Waals surface area contributed by atoms with Crippen LogP contribution in [0.4, 0.5) is 5.69 Å². The topological polar surface area (TPSA) is 84.8 Å². The summed E-state index contributed by atoms with van der Waals surface area (Å²) in [6.45, 7) is 3.83. The van der Waals surface area contributed by atoms with Crippen molar-refractivity contribution in [3.05, 3.63) is 41.3 Å². The second-order valence-corrected chi connectivity index (χ2v) is 4.06. The minimum Gasteiger partial charge on any atom is -0.437 e. The van der Waals surface area contributed by atoms with E-state index in [4.69, 9.17) is 15.7 Å². The Kier molecular flexibility index (Phi) is 3.62. The van der Waals surface area contributed by atoms with Gasteiger partial charge in [0.1, 0.15) is 5.82 Å². The molecule has 0 saturated carbocycles. The molecule has 0 radical (unpaired) electrons. The third-order valence-electron chi connectivity index (χ3n) is 2.58. The Morgan fingerprint density at radius 3 is 2.74 bits per heavy atom. The maximum Gasteiger partial charge on any atom is 0.222 e. The molecular weight excluding hydrogens is 240 g/mol. The summed E-state index contributed by atoms with van der Waals surface area (Å²) in [5, 5.41) is 8.78. The van der Waals surface area contributed by atoms with E-state index in [-0.39, 0.29) is 0 Å². The first-order valence-electron chi connectivity index (χ1n) is 5.94. The van der Waals surface area contributed by atoms with Crippen LogP contribution in [0.2, 0.25) is 0 Å². The second kappa shape index (κ2) is 5.36. The van der Waals surface area contributed by atoms with E-state index >= 15 is 0 Å². The Morgan fingerprint density at radius 2 is 2.11 bits per heavy atom. The summed E-state index contributed by atoms with van der Waals surface area (Å²) in [6.07, 6.45) is 0.808. The van der Waals surface area contributed by atoms with Crippen LogP contribution < -0.4 is 10.5 Å². The highest BCUT2D eigenvalue weighted by Gasteiger charge is 2.06. The molecule has 2 aromatic rings. The molecule has 0 fully saturated rings. The smallest absolute Gasteiger partial charge is 0.222 e. The Bertz CT molecular complexity index is 646.